The number of hydrogen-bond acceptors (Lipinski definition) is 6. The molecule has 1 heterocycles. The Labute approximate surface area is 159 Å². The fourth-order valence-electron chi connectivity index (χ4n) is 2.13. The zero-order chi connectivity index (χ0) is 20.4. The van der Waals surface area contributed by atoms with Gasteiger partial charge in [-0.1, -0.05) is 0 Å². The molecule has 152 valence electrons. The first-order valence-corrected chi connectivity index (χ1v) is 8.75. The second-order valence-electron chi connectivity index (χ2n) is 6.81. The van der Waals surface area contributed by atoms with E-state index in [1.165, 1.54) is 7.11 Å². The van der Waals surface area contributed by atoms with Crippen molar-refractivity contribution in [3.8, 4) is 0 Å². The Kier molecular flexibility index (Phi) is 8.64. The van der Waals surface area contributed by atoms with E-state index in [4.69, 9.17) is 13.9 Å². The van der Waals surface area contributed by atoms with Crippen molar-refractivity contribution in [2.75, 3.05) is 27.2 Å². The summed E-state index contributed by atoms with van der Waals surface area (Å²) in [5.41, 5.74) is -0.0999. The first kappa shape index (κ1) is 22.3. The van der Waals surface area contributed by atoms with Crippen LogP contribution in [0.3, 0.4) is 0 Å². The van der Waals surface area contributed by atoms with E-state index in [1.807, 2.05) is 20.8 Å². The Morgan fingerprint density at radius 1 is 1.19 bits per heavy atom. The SMILES string of the molecule is CN=C(NCCCNC(=O)OC(C)(C)C)NCc1cc(C(=O)OC)c(C)o1. The van der Waals surface area contributed by atoms with Gasteiger partial charge in [-0.25, -0.2) is 9.59 Å². The third-order valence-corrected chi connectivity index (χ3v) is 3.34. The van der Waals surface area contributed by atoms with E-state index in [1.54, 1.807) is 20.0 Å². The van der Waals surface area contributed by atoms with E-state index in [9.17, 15) is 9.59 Å². The summed E-state index contributed by atoms with van der Waals surface area (Å²) in [5.74, 6) is 1.26. The van der Waals surface area contributed by atoms with E-state index in [0.29, 0.717) is 49.1 Å². The van der Waals surface area contributed by atoms with Gasteiger partial charge in [0.15, 0.2) is 5.96 Å². The van der Waals surface area contributed by atoms with Gasteiger partial charge in [-0.3, -0.25) is 4.99 Å². The zero-order valence-electron chi connectivity index (χ0n) is 16.9. The average molecular weight is 382 g/mol. The highest BCUT2D eigenvalue weighted by molar-refractivity contribution is 5.90. The molecule has 9 nitrogen and oxygen atoms in total. The van der Waals surface area contributed by atoms with E-state index in [0.717, 1.165) is 0 Å². The van der Waals surface area contributed by atoms with Crippen LogP contribution in [0.5, 0.6) is 0 Å². The van der Waals surface area contributed by atoms with E-state index in [-0.39, 0.29) is 0 Å². The minimum absolute atomic E-state index is 0.369. The number of alkyl carbamates (subject to hydrolysis) is 1. The third-order valence-electron chi connectivity index (χ3n) is 3.34. The number of esters is 1. The zero-order valence-corrected chi connectivity index (χ0v) is 16.9. The fraction of sp³-hybridized carbons (Fsp3) is 0.611. The Bertz CT molecular complexity index is 661. The van der Waals surface area contributed by atoms with Gasteiger partial charge in [-0.15, -0.1) is 0 Å². The molecule has 1 amide bonds. The van der Waals surface area contributed by atoms with Gasteiger partial charge in [0.2, 0.25) is 0 Å². The van der Waals surface area contributed by atoms with Crippen LogP contribution in [0.4, 0.5) is 4.79 Å². The number of amides is 1. The first-order chi connectivity index (χ1) is 12.7. The van der Waals surface area contributed by atoms with Crippen LogP contribution in [0.25, 0.3) is 0 Å². The Hall–Kier alpha value is -2.71. The molecule has 1 aromatic heterocycles. The van der Waals surface area contributed by atoms with Crippen molar-refractivity contribution < 1.29 is 23.5 Å². The molecule has 9 heteroatoms. The van der Waals surface area contributed by atoms with Gasteiger partial charge < -0.3 is 29.8 Å². The molecule has 1 rings (SSSR count). The molecule has 0 fully saturated rings. The predicted octanol–water partition coefficient (Wildman–Crippen LogP) is 1.95. The summed E-state index contributed by atoms with van der Waals surface area (Å²) in [6, 6.07) is 1.65. The Morgan fingerprint density at radius 2 is 1.85 bits per heavy atom. The molecule has 0 saturated heterocycles. The maximum Gasteiger partial charge on any atom is 0.407 e. The molecule has 27 heavy (non-hydrogen) atoms. The van der Waals surface area contributed by atoms with E-state index in [2.05, 4.69) is 20.9 Å². The van der Waals surface area contributed by atoms with Crippen LogP contribution in [0, 0.1) is 6.92 Å². The van der Waals surface area contributed by atoms with Gasteiger partial charge in [0.05, 0.1) is 13.7 Å². The summed E-state index contributed by atoms with van der Waals surface area (Å²) in [5, 5.41) is 8.92. The summed E-state index contributed by atoms with van der Waals surface area (Å²) in [6.07, 6.45) is 0.270. The second kappa shape index (κ2) is 10.4. The molecule has 0 aliphatic heterocycles. The van der Waals surface area contributed by atoms with Crippen LogP contribution in [0.2, 0.25) is 0 Å². The summed E-state index contributed by atoms with van der Waals surface area (Å²) < 4.78 is 15.4. The number of methoxy groups -OCH3 is 1. The molecule has 0 atom stereocenters. The standard InChI is InChI=1S/C18H30N4O5/c1-12-14(15(23)25-6)10-13(26-12)11-22-16(19-5)20-8-7-9-21-17(24)27-18(2,3)4/h10H,7-9,11H2,1-6H3,(H,21,24)(H2,19,20,22). The predicted molar refractivity (Wildman–Crippen MR) is 102 cm³/mol. The molecular formula is C18H30N4O5. The smallest absolute Gasteiger partial charge is 0.407 e. The average Bonchev–Trinajstić information content (AvgIpc) is 2.95. The second-order valence-corrected chi connectivity index (χ2v) is 6.81. The highest BCUT2D eigenvalue weighted by atomic mass is 16.6. The summed E-state index contributed by atoms with van der Waals surface area (Å²) in [4.78, 5) is 27.2. The number of aliphatic imine (C=N–C) groups is 1. The van der Waals surface area contributed by atoms with Crippen LogP contribution < -0.4 is 16.0 Å². The minimum Gasteiger partial charge on any atom is -0.465 e. The number of furan rings is 1. The third kappa shape index (κ3) is 8.48. The normalized spacial score (nSPS) is 11.7. The fourth-order valence-corrected chi connectivity index (χ4v) is 2.13. The molecule has 3 N–H and O–H groups in total. The van der Waals surface area contributed by atoms with Crippen LogP contribution in [0.1, 0.15) is 49.1 Å². The first-order valence-electron chi connectivity index (χ1n) is 8.75. The van der Waals surface area contributed by atoms with Crippen LogP contribution in [-0.2, 0) is 16.0 Å². The Balaban J connectivity index is 2.31. The van der Waals surface area contributed by atoms with Gasteiger partial charge >= 0.3 is 12.1 Å². The van der Waals surface area contributed by atoms with Crippen LogP contribution in [-0.4, -0.2) is 50.9 Å². The van der Waals surface area contributed by atoms with Gasteiger partial charge in [-0.05, 0) is 40.2 Å². The van der Waals surface area contributed by atoms with Crippen LogP contribution in [0.15, 0.2) is 15.5 Å². The number of nitrogens with zero attached hydrogens (tertiary/aromatic N) is 1. The molecule has 0 aromatic carbocycles. The van der Waals surface area contributed by atoms with Gasteiger partial charge in [0.1, 0.15) is 22.7 Å². The van der Waals surface area contributed by atoms with Crippen LogP contribution >= 0.6 is 0 Å². The number of guanidine groups is 1. The molecule has 1 aromatic rings. The maximum atomic E-state index is 11.6. The van der Waals surface area contributed by atoms with Crippen molar-refractivity contribution >= 4 is 18.0 Å². The highest BCUT2D eigenvalue weighted by Gasteiger charge is 2.16. The molecule has 0 aliphatic carbocycles. The van der Waals surface area contributed by atoms with Gasteiger partial charge in [0.25, 0.3) is 0 Å². The number of nitrogens with one attached hydrogen (secondary N) is 3. The number of carbonyl (C=O) groups is 2. The van der Waals surface area contributed by atoms with Crippen molar-refractivity contribution in [3.63, 3.8) is 0 Å². The number of hydrogen-bond donors (Lipinski definition) is 3. The monoisotopic (exact) mass is 382 g/mol. The van der Waals surface area contributed by atoms with Gasteiger partial charge in [-0.2, -0.15) is 0 Å². The summed E-state index contributed by atoms with van der Waals surface area (Å²) in [7, 11) is 2.98. The largest absolute Gasteiger partial charge is 0.465 e. The molecule has 0 radical (unpaired) electrons. The number of carbonyl (C=O) groups excluding carboxylic acids is 2. The lowest BCUT2D eigenvalue weighted by molar-refractivity contribution is 0.0526. The quantitative estimate of drug-likeness (QED) is 0.286. The molecular weight excluding hydrogens is 352 g/mol. The molecule has 0 saturated carbocycles. The topological polar surface area (TPSA) is 114 Å². The number of aryl methyl sites for hydroxylation is 1. The van der Waals surface area contributed by atoms with Crippen molar-refractivity contribution in [2.45, 2.75) is 46.3 Å². The Morgan fingerprint density at radius 3 is 2.44 bits per heavy atom. The van der Waals surface area contributed by atoms with Crippen molar-refractivity contribution in [1.82, 2.24) is 16.0 Å². The molecule has 0 unspecified atom stereocenters. The van der Waals surface area contributed by atoms with E-state index >= 15 is 0 Å². The minimum atomic E-state index is -0.508. The lowest BCUT2D eigenvalue weighted by Gasteiger charge is -2.19. The highest BCUT2D eigenvalue weighted by Crippen LogP contribution is 2.15. The van der Waals surface area contributed by atoms with Gasteiger partial charge in [0, 0.05) is 20.1 Å². The molecule has 0 aliphatic rings. The van der Waals surface area contributed by atoms with Crippen molar-refractivity contribution in [1.29, 1.82) is 0 Å². The molecule has 0 bridgehead atoms. The lowest BCUT2D eigenvalue weighted by Crippen LogP contribution is -2.39. The molecule has 0 spiro atoms. The van der Waals surface area contributed by atoms with E-state index < -0.39 is 17.7 Å². The lowest BCUT2D eigenvalue weighted by atomic mass is 10.2. The number of ether oxygens (including phenoxy) is 2. The number of rotatable bonds is 7. The summed E-state index contributed by atoms with van der Waals surface area (Å²) >= 11 is 0. The van der Waals surface area contributed by atoms with Crippen molar-refractivity contribution in [2.24, 2.45) is 4.99 Å². The van der Waals surface area contributed by atoms with Crippen molar-refractivity contribution in [3.05, 3.63) is 23.2 Å². The maximum absolute atomic E-state index is 11.6. The summed E-state index contributed by atoms with van der Waals surface area (Å²) in [6.45, 7) is 8.63.